The van der Waals surface area contributed by atoms with Crippen LogP contribution in [0.15, 0.2) is 0 Å². The van der Waals surface area contributed by atoms with Gasteiger partial charge in [-0.25, -0.2) is 0 Å². The van der Waals surface area contributed by atoms with Crippen LogP contribution < -0.4 is 10.6 Å². The minimum absolute atomic E-state index is 0.120. The molecule has 3 fully saturated rings. The van der Waals surface area contributed by atoms with E-state index in [2.05, 4.69) is 10.6 Å². The van der Waals surface area contributed by atoms with Crippen molar-refractivity contribution in [1.29, 1.82) is 0 Å². The first-order valence-electron chi connectivity index (χ1n) is 3.40. The molecule has 1 amide bonds. The van der Waals surface area contributed by atoms with Crippen LogP contribution >= 0.6 is 0 Å². The first kappa shape index (κ1) is 5.23. The molecule has 0 saturated carbocycles. The van der Waals surface area contributed by atoms with E-state index in [4.69, 9.17) is 0 Å². The molecule has 2 bridgehead atoms. The molecule has 0 aromatic heterocycles. The van der Waals surface area contributed by atoms with Crippen LogP contribution in [0.5, 0.6) is 0 Å². The zero-order chi connectivity index (χ0) is 6.27. The maximum absolute atomic E-state index is 10.9. The lowest BCUT2D eigenvalue weighted by molar-refractivity contribution is -0.127. The highest BCUT2D eigenvalue weighted by Crippen LogP contribution is 2.13. The van der Waals surface area contributed by atoms with Crippen molar-refractivity contribution < 1.29 is 4.79 Å². The number of piperidine rings is 2. The van der Waals surface area contributed by atoms with E-state index in [9.17, 15) is 4.79 Å². The van der Waals surface area contributed by atoms with E-state index in [-0.39, 0.29) is 11.9 Å². The van der Waals surface area contributed by atoms with E-state index in [1.165, 1.54) is 0 Å². The highest BCUT2D eigenvalue weighted by atomic mass is 16.2. The molecule has 2 unspecified atom stereocenters. The van der Waals surface area contributed by atoms with Crippen LogP contribution in [0.3, 0.4) is 0 Å². The molecule has 2 atom stereocenters. The minimum Gasteiger partial charge on any atom is -0.351 e. The van der Waals surface area contributed by atoms with Crippen molar-refractivity contribution in [3.05, 3.63) is 0 Å². The van der Waals surface area contributed by atoms with Crippen LogP contribution in [0, 0.1) is 0 Å². The Morgan fingerprint density at radius 2 is 2.33 bits per heavy atom. The summed E-state index contributed by atoms with van der Waals surface area (Å²) in [5, 5.41) is 6.07. The quantitative estimate of drug-likeness (QED) is 0.448. The summed E-state index contributed by atoms with van der Waals surface area (Å²) in [5.74, 6) is 0.192. The average molecular weight is 126 g/mol. The fourth-order valence-corrected chi connectivity index (χ4v) is 1.51. The topological polar surface area (TPSA) is 41.1 Å². The largest absolute Gasteiger partial charge is 0.351 e. The van der Waals surface area contributed by atoms with Crippen LogP contribution in [0.1, 0.15) is 12.8 Å². The molecule has 3 rings (SSSR count). The third-order valence-corrected chi connectivity index (χ3v) is 2.08. The number of amides is 1. The summed E-state index contributed by atoms with van der Waals surface area (Å²) < 4.78 is 0. The number of hydrogen-bond donors (Lipinski definition) is 2. The Morgan fingerprint density at radius 1 is 1.44 bits per heavy atom. The van der Waals surface area contributed by atoms with Crippen LogP contribution in [-0.4, -0.2) is 24.5 Å². The Kier molecular flexibility index (Phi) is 0.990. The number of carbonyl (C=O) groups is 1. The van der Waals surface area contributed by atoms with Gasteiger partial charge in [-0.2, -0.15) is 0 Å². The molecule has 3 heteroatoms. The number of nitrogens with one attached hydrogen (secondary N) is 2. The summed E-state index contributed by atoms with van der Waals surface area (Å²) in [5.41, 5.74) is 0. The van der Waals surface area contributed by atoms with Crippen molar-refractivity contribution >= 4 is 5.91 Å². The zero-order valence-corrected chi connectivity index (χ0v) is 5.18. The van der Waals surface area contributed by atoms with Crippen molar-refractivity contribution in [2.75, 3.05) is 6.54 Å². The maximum Gasteiger partial charge on any atom is 0.237 e. The summed E-state index contributed by atoms with van der Waals surface area (Å²) in [6.45, 7) is 0.969. The van der Waals surface area contributed by atoms with Gasteiger partial charge in [-0.3, -0.25) is 4.79 Å². The van der Waals surface area contributed by atoms with Gasteiger partial charge in [-0.1, -0.05) is 0 Å². The first-order chi connectivity index (χ1) is 4.36. The maximum atomic E-state index is 10.9. The van der Waals surface area contributed by atoms with E-state index < -0.39 is 0 Å². The molecule has 0 spiro atoms. The summed E-state index contributed by atoms with van der Waals surface area (Å²) in [7, 11) is 0. The van der Waals surface area contributed by atoms with Gasteiger partial charge in [0, 0.05) is 12.6 Å². The summed E-state index contributed by atoms with van der Waals surface area (Å²) in [4.78, 5) is 10.9. The minimum atomic E-state index is 0.120. The van der Waals surface area contributed by atoms with Gasteiger partial charge in [0.1, 0.15) is 0 Å². The van der Waals surface area contributed by atoms with Crippen LogP contribution in [0.4, 0.5) is 0 Å². The molecular weight excluding hydrogens is 116 g/mol. The Hall–Kier alpha value is -0.570. The molecule has 3 aliphatic rings. The van der Waals surface area contributed by atoms with Gasteiger partial charge in [0.05, 0.1) is 6.04 Å². The molecule has 3 aliphatic heterocycles. The Bertz CT molecular complexity index is 138. The Balaban J connectivity index is 2.15. The summed E-state index contributed by atoms with van der Waals surface area (Å²) >= 11 is 0. The fraction of sp³-hybridized carbons (Fsp3) is 0.833. The van der Waals surface area contributed by atoms with Gasteiger partial charge in [0.2, 0.25) is 5.91 Å². The van der Waals surface area contributed by atoms with Gasteiger partial charge >= 0.3 is 0 Å². The highest BCUT2D eigenvalue weighted by molar-refractivity contribution is 5.83. The molecule has 3 heterocycles. The second-order valence-corrected chi connectivity index (χ2v) is 2.74. The zero-order valence-electron chi connectivity index (χ0n) is 5.18. The monoisotopic (exact) mass is 126 g/mol. The molecule has 0 aliphatic carbocycles. The Labute approximate surface area is 53.8 Å². The Morgan fingerprint density at radius 3 is 2.56 bits per heavy atom. The van der Waals surface area contributed by atoms with Gasteiger partial charge < -0.3 is 10.6 Å². The van der Waals surface area contributed by atoms with E-state index >= 15 is 0 Å². The summed E-state index contributed by atoms with van der Waals surface area (Å²) in [6.07, 6.45) is 2.18. The second kappa shape index (κ2) is 1.70. The van der Waals surface area contributed by atoms with Crippen molar-refractivity contribution in [3.63, 3.8) is 0 Å². The summed E-state index contributed by atoms with van der Waals surface area (Å²) in [6, 6.07) is 0.539. The number of hydrogen-bond acceptors (Lipinski definition) is 2. The molecule has 3 nitrogen and oxygen atoms in total. The predicted molar refractivity (Wildman–Crippen MR) is 33.0 cm³/mol. The van der Waals surface area contributed by atoms with Gasteiger partial charge in [0.25, 0.3) is 0 Å². The molecule has 50 valence electrons. The SMILES string of the molecule is O=C1NC2CCC1NC2. The molecule has 0 aromatic rings. The lowest BCUT2D eigenvalue weighted by Gasteiger charge is -2.36. The first-order valence-corrected chi connectivity index (χ1v) is 3.40. The van der Waals surface area contributed by atoms with Gasteiger partial charge in [-0.15, -0.1) is 0 Å². The number of carbonyl (C=O) groups excluding carboxylic acids is 1. The third kappa shape index (κ3) is 0.721. The van der Waals surface area contributed by atoms with E-state index in [1.807, 2.05) is 0 Å². The molecule has 0 aromatic carbocycles. The predicted octanol–water partition coefficient (Wildman–Crippen LogP) is -0.763. The average Bonchev–Trinajstić information content (AvgIpc) is 1.90. The molecular formula is C6H10N2O. The lowest BCUT2D eigenvalue weighted by Crippen LogP contribution is -2.62. The molecule has 9 heavy (non-hydrogen) atoms. The normalized spacial score (nSPS) is 40.7. The van der Waals surface area contributed by atoms with Crippen molar-refractivity contribution in [1.82, 2.24) is 10.6 Å². The van der Waals surface area contributed by atoms with Crippen LogP contribution in [-0.2, 0) is 4.79 Å². The van der Waals surface area contributed by atoms with Crippen molar-refractivity contribution in [2.45, 2.75) is 24.9 Å². The van der Waals surface area contributed by atoms with Crippen molar-refractivity contribution in [2.24, 2.45) is 0 Å². The second-order valence-electron chi connectivity index (χ2n) is 2.74. The third-order valence-electron chi connectivity index (χ3n) is 2.08. The van der Waals surface area contributed by atoms with Gasteiger partial charge in [0.15, 0.2) is 0 Å². The fourth-order valence-electron chi connectivity index (χ4n) is 1.51. The highest BCUT2D eigenvalue weighted by Gasteiger charge is 2.32. The van der Waals surface area contributed by atoms with E-state index in [0.29, 0.717) is 6.04 Å². The number of piperazine rings is 1. The number of fused-ring (bicyclic) bond motifs is 3. The van der Waals surface area contributed by atoms with Gasteiger partial charge in [-0.05, 0) is 12.8 Å². The van der Waals surface area contributed by atoms with Crippen LogP contribution in [0.2, 0.25) is 0 Å². The smallest absolute Gasteiger partial charge is 0.237 e. The molecule has 0 radical (unpaired) electrons. The van der Waals surface area contributed by atoms with E-state index in [1.54, 1.807) is 0 Å². The number of rotatable bonds is 0. The molecule has 2 N–H and O–H groups in total. The van der Waals surface area contributed by atoms with Crippen LogP contribution in [0.25, 0.3) is 0 Å². The standard InChI is InChI=1S/C6H10N2O/c9-6-5-2-1-4(8-6)3-7-5/h4-5,7H,1-3H2,(H,8,9). The lowest BCUT2D eigenvalue weighted by atomic mass is 9.95. The van der Waals surface area contributed by atoms with E-state index in [0.717, 1.165) is 19.4 Å². The van der Waals surface area contributed by atoms with Crippen molar-refractivity contribution in [3.8, 4) is 0 Å². The molecule has 3 saturated heterocycles.